The van der Waals surface area contributed by atoms with Gasteiger partial charge in [0.1, 0.15) is 6.29 Å². The number of aldehydes is 1. The predicted octanol–water partition coefficient (Wildman–Crippen LogP) is 1.46. The summed E-state index contributed by atoms with van der Waals surface area (Å²) in [5.41, 5.74) is 1.56. The minimum atomic E-state index is 0.00816. The Kier molecular flexibility index (Phi) is 5.20. The Morgan fingerprint density at radius 3 is 2.53 bits per heavy atom. The van der Waals surface area contributed by atoms with Gasteiger partial charge < -0.3 is 10.2 Å². The number of amides is 1. The Hall–Kier alpha value is -1.84. The molecule has 0 saturated carbocycles. The van der Waals surface area contributed by atoms with Crippen molar-refractivity contribution in [3.63, 3.8) is 0 Å². The van der Waals surface area contributed by atoms with Crippen molar-refractivity contribution in [2.75, 3.05) is 25.0 Å². The van der Waals surface area contributed by atoms with Crippen LogP contribution >= 0.6 is 0 Å². The van der Waals surface area contributed by atoms with E-state index in [0.717, 1.165) is 18.4 Å². The highest BCUT2D eigenvalue weighted by molar-refractivity contribution is 5.81. The van der Waals surface area contributed by atoms with Crippen LogP contribution in [0.5, 0.6) is 0 Å². The van der Waals surface area contributed by atoms with Gasteiger partial charge in [0.25, 0.3) is 0 Å². The highest BCUT2D eigenvalue weighted by Crippen LogP contribution is 2.12. The van der Waals surface area contributed by atoms with Crippen molar-refractivity contribution in [2.24, 2.45) is 0 Å². The molecule has 1 amide bonds. The number of likely N-dealkylation sites (N-methyl/N-ethyl adjacent to an activating group) is 1. The van der Waals surface area contributed by atoms with E-state index in [1.165, 1.54) is 0 Å². The molecule has 0 atom stereocenters. The summed E-state index contributed by atoms with van der Waals surface area (Å²) < 4.78 is 0. The molecule has 1 N–H and O–H groups in total. The number of hydrogen-bond donors (Lipinski definition) is 1. The van der Waals surface area contributed by atoms with E-state index in [2.05, 4.69) is 5.32 Å². The van der Waals surface area contributed by atoms with Crippen molar-refractivity contribution in [1.29, 1.82) is 0 Å². The fourth-order valence-corrected chi connectivity index (χ4v) is 1.43. The van der Waals surface area contributed by atoms with E-state index in [1.807, 2.05) is 31.0 Å². The molecule has 0 radical (unpaired) electrons. The Bertz CT molecular complexity index is 374. The van der Waals surface area contributed by atoms with E-state index in [1.54, 1.807) is 12.1 Å². The zero-order valence-corrected chi connectivity index (χ0v) is 10.3. The quantitative estimate of drug-likeness (QED) is 0.758. The molecule has 4 heteroatoms. The van der Waals surface area contributed by atoms with Gasteiger partial charge in [0.05, 0.1) is 6.54 Å². The third-order valence-electron chi connectivity index (χ3n) is 2.42. The molecule has 0 fully saturated rings. The molecule has 92 valence electrons. The molecule has 0 saturated heterocycles. The zero-order valence-electron chi connectivity index (χ0n) is 10.3. The van der Waals surface area contributed by atoms with Crippen LogP contribution < -0.4 is 10.2 Å². The number of nitrogens with zero attached hydrogens (tertiary/aromatic N) is 1. The minimum absolute atomic E-state index is 0.00816. The molecular formula is C13H18N2O2. The molecule has 1 aromatic carbocycles. The lowest BCUT2D eigenvalue weighted by atomic mass is 10.2. The van der Waals surface area contributed by atoms with Crippen LogP contribution in [0.3, 0.4) is 0 Å². The van der Waals surface area contributed by atoms with Crippen molar-refractivity contribution >= 4 is 17.9 Å². The first kappa shape index (κ1) is 13.2. The van der Waals surface area contributed by atoms with Gasteiger partial charge in [-0.3, -0.25) is 9.59 Å². The third kappa shape index (κ3) is 4.26. The monoisotopic (exact) mass is 234 g/mol. The fourth-order valence-electron chi connectivity index (χ4n) is 1.43. The largest absolute Gasteiger partial charge is 0.365 e. The maximum absolute atomic E-state index is 11.5. The molecule has 0 unspecified atom stereocenters. The SMILES string of the molecule is CCCNC(=O)CN(C)c1ccc(C=O)cc1. The van der Waals surface area contributed by atoms with E-state index >= 15 is 0 Å². The number of carbonyl (C=O) groups is 2. The first-order chi connectivity index (χ1) is 8.17. The van der Waals surface area contributed by atoms with Crippen LogP contribution in [0, 0.1) is 0 Å². The van der Waals surface area contributed by atoms with Gasteiger partial charge in [0.15, 0.2) is 0 Å². The third-order valence-corrected chi connectivity index (χ3v) is 2.42. The average Bonchev–Trinajstić information content (AvgIpc) is 2.36. The number of nitrogens with one attached hydrogen (secondary N) is 1. The molecular weight excluding hydrogens is 216 g/mol. The van der Waals surface area contributed by atoms with Crippen molar-refractivity contribution in [1.82, 2.24) is 5.32 Å². The Morgan fingerprint density at radius 1 is 1.35 bits per heavy atom. The number of benzene rings is 1. The van der Waals surface area contributed by atoms with Gasteiger partial charge >= 0.3 is 0 Å². The van der Waals surface area contributed by atoms with Crippen molar-refractivity contribution in [3.8, 4) is 0 Å². The zero-order chi connectivity index (χ0) is 12.7. The van der Waals surface area contributed by atoms with Crippen molar-refractivity contribution < 1.29 is 9.59 Å². The van der Waals surface area contributed by atoms with Crippen LogP contribution in [0.1, 0.15) is 23.7 Å². The fraction of sp³-hybridized carbons (Fsp3) is 0.385. The molecule has 0 spiro atoms. The van der Waals surface area contributed by atoms with Gasteiger partial charge in [-0.15, -0.1) is 0 Å². The molecule has 17 heavy (non-hydrogen) atoms. The van der Waals surface area contributed by atoms with Crippen molar-refractivity contribution in [2.45, 2.75) is 13.3 Å². The second kappa shape index (κ2) is 6.68. The standard InChI is InChI=1S/C13H18N2O2/c1-3-8-14-13(17)9-15(2)12-6-4-11(10-16)5-7-12/h4-7,10H,3,8-9H2,1-2H3,(H,14,17). The number of anilines is 1. The maximum Gasteiger partial charge on any atom is 0.239 e. The molecule has 0 aliphatic heterocycles. The van der Waals surface area contributed by atoms with Crippen LogP contribution in [0.15, 0.2) is 24.3 Å². The molecule has 0 aromatic heterocycles. The van der Waals surface area contributed by atoms with E-state index in [9.17, 15) is 9.59 Å². The topological polar surface area (TPSA) is 49.4 Å². The summed E-state index contributed by atoms with van der Waals surface area (Å²) in [6.45, 7) is 3.04. The first-order valence-corrected chi connectivity index (χ1v) is 5.70. The molecule has 0 aliphatic carbocycles. The molecule has 0 heterocycles. The van der Waals surface area contributed by atoms with Crippen LogP contribution in [-0.2, 0) is 4.79 Å². The summed E-state index contributed by atoms with van der Waals surface area (Å²) in [6, 6.07) is 7.14. The van der Waals surface area contributed by atoms with Crippen LogP contribution in [0.4, 0.5) is 5.69 Å². The van der Waals surface area contributed by atoms with Crippen LogP contribution in [0.2, 0.25) is 0 Å². The van der Waals surface area contributed by atoms with Gasteiger partial charge in [0.2, 0.25) is 5.91 Å². The van der Waals surface area contributed by atoms with E-state index < -0.39 is 0 Å². The number of rotatable bonds is 6. The molecule has 4 nitrogen and oxygen atoms in total. The first-order valence-electron chi connectivity index (χ1n) is 5.70. The summed E-state index contributed by atoms with van der Waals surface area (Å²) in [4.78, 5) is 23.9. The normalized spacial score (nSPS) is 9.76. The average molecular weight is 234 g/mol. The molecule has 0 aliphatic rings. The predicted molar refractivity (Wildman–Crippen MR) is 68.4 cm³/mol. The summed E-state index contributed by atoms with van der Waals surface area (Å²) in [6.07, 6.45) is 1.74. The Labute approximate surface area is 102 Å². The maximum atomic E-state index is 11.5. The van der Waals surface area contributed by atoms with Crippen LogP contribution in [0.25, 0.3) is 0 Å². The lowest BCUT2D eigenvalue weighted by Crippen LogP contribution is -2.35. The lowest BCUT2D eigenvalue weighted by Gasteiger charge is -2.18. The summed E-state index contributed by atoms with van der Waals surface area (Å²) in [7, 11) is 1.85. The highest BCUT2D eigenvalue weighted by Gasteiger charge is 2.06. The molecule has 1 rings (SSSR count). The molecule has 0 bridgehead atoms. The Morgan fingerprint density at radius 2 is 2.00 bits per heavy atom. The van der Waals surface area contributed by atoms with Gasteiger partial charge in [-0.2, -0.15) is 0 Å². The number of carbonyl (C=O) groups excluding carboxylic acids is 2. The second-order valence-corrected chi connectivity index (χ2v) is 3.92. The lowest BCUT2D eigenvalue weighted by molar-refractivity contribution is -0.119. The second-order valence-electron chi connectivity index (χ2n) is 3.92. The van der Waals surface area contributed by atoms with Gasteiger partial charge in [0, 0.05) is 24.8 Å². The van der Waals surface area contributed by atoms with Gasteiger partial charge in [-0.1, -0.05) is 6.92 Å². The van der Waals surface area contributed by atoms with Gasteiger partial charge in [-0.05, 0) is 30.7 Å². The van der Waals surface area contributed by atoms with Gasteiger partial charge in [-0.25, -0.2) is 0 Å². The Balaban J connectivity index is 2.53. The summed E-state index contributed by atoms with van der Waals surface area (Å²) >= 11 is 0. The minimum Gasteiger partial charge on any atom is -0.365 e. The van der Waals surface area contributed by atoms with E-state index in [4.69, 9.17) is 0 Å². The summed E-state index contributed by atoms with van der Waals surface area (Å²) in [5.74, 6) is 0.00816. The molecule has 1 aromatic rings. The highest BCUT2D eigenvalue weighted by atomic mass is 16.2. The summed E-state index contributed by atoms with van der Waals surface area (Å²) in [5, 5.41) is 2.82. The van der Waals surface area contributed by atoms with Crippen molar-refractivity contribution in [3.05, 3.63) is 29.8 Å². The smallest absolute Gasteiger partial charge is 0.239 e. The van der Waals surface area contributed by atoms with Crippen LogP contribution in [-0.4, -0.2) is 32.3 Å². The van der Waals surface area contributed by atoms with E-state index in [0.29, 0.717) is 18.7 Å². The van der Waals surface area contributed by atoms with E-state index in [-0.39, 0.29) is 5.91 Å². The number of hydrogen-bond acceptors (Lipinski definition) is 3.